The summed E-state index contributed by atoms with van der Waals surface area (Å²) in [5.74, 6) is 2.10. The van der Waals surface area contributed by atoms with Crippen molar-refractivity contribution in [2.24, 2.45) is 0 Å². The minimum atomic E-state index is 0.136. The van der Waals surface area contributed by atoms with Crippen LogP contribution in [0.4, 0.5) is 0 Å². The zero-order valence-corrected chi connectivity index (χ0v) is 14.1. The highest BCUT2D eigenvalue weighted by Crippen LogP contribution is 2.20. The van der Waals surface area contributed by atoms with Crippen molar-refractivity contribution in [3.63, 3.8) is 0 Å². The third-order valence-electron chi connectivity index (χ3n) is 4.21. The molecule has 3 rings (SSSR count). The van der Waals surface area contributed by atoms with Crippen LogP contribution in [-0.2, 0) is 11.3 Å². The van der Waals surface area contributed by atoms with Gasteiger partial charge in [0.1, 0.15) is 5.75 Å². The highest BCUT2D eigenvalue weighted by Gasteiger charge is 2.19. The van der Waals surface area contributed by atoms with Crippen LogP contribution in [0.3, 0.4) is 0 Å². The molecular formula is C17H22N4O3. The lowest BCUT2D eigenvalue weighted by molar-refractivity contribution is -0.128. The monoisotopic (exact) mass is 330 g/mol. The van der Waals surface area contributed by atoms with E-state index in [-0.39, 0.29) is 5.91 Å². The van der Waals surface area contributed by atoms with Crippen molar-refractivity contribution in [2.75, 3.05) is 33.3 Å². The predicted octanol–water partition coefficient (Wildman–Crippen LogP) is 1.80. The Hall–Kier alpha value is -2.41. The first kappa shape index (κ1) is 16.4. The van der Waals surface area contributed by atoms with E-state index in [1.807, 2.05) is 29.2 Å². The van der Waals surface area contributed by atoms with Gasteiger partial charge in [0.05, 0.1) is 13.7 Å². The highest BCUT2D eigenvalue weighted by molar-refractivity contribution is 5.73. The Morgan fingerprint density at radius 1 is 1.21 bits per heavy atom. The van der Waals surface area contributed by atoms with Gasteiger partial charge < -0.3 is 14.2 Å². The molecule has 1 aliphatic rings. The lowest BCUT2D eigenvalue weighted by atomic mass is 10.2. The summed E-state index contributed by atoms with van der Waals surface area (Å²) >= 11 is 0. The summed E-state index contributed by atoms with van der Waals surface area (Å²) in [7, 11) is 1.63. The first-order valence-corrected chi connectivity index (χ1v) is 8.10. The summed E-state index contributed by atoms with van der Waals surface area (Å²) in [5.41, 5.74) is 0.893. The molecule has 128 valence electrons. The van der Waals surface area contributed by atoms with Crippen molar-refractivity contribution < 1.29 is 14.1 Å². The van der Waals surface area contributed by atoms with Gasteiger partial charge in [-0.1, -0.05) is 5.16 Å². The molecule has 1 fully saturated rings. The Balaban J connectivity index is 1.62. The molecule has 7 nitrogen and oxygen atoms in total. The van der Waals surface area contributed by atoms with E-state index in [4.69, 9.17) is 9.26 Å². The van der Waals surface area contributed by atoms with Gasteiger partial charge in [0.15, 0.2) is 0 Å². The Morgan fingerprint density at radius 2 is 2.00 bits per heavy atom. The molecule has 1 aliphatic heterocycles. The number of ether oxygens (including phenoxy) is 1. The Morgan fingerprint density at radius 3 is 2.71 bits per heavy atom. The largest absolute Gasteiger partial charge is 0.497 e. The van der Waals surface area contributed by atoms with Crippen LogP contribution in [0.2, 0.25) is 0 Å². The minimum Gasteiger partial charge on any atom is -0.497 e. The van der Waals surface area contributed by atoms with Gasteiger partial charge >= 0.3 is 0 Å². The molecule has 1 saturated heterocycles. The normalized spacial score (nSPS) is 16.0. The summed E-state index contributed by atoms with van der Waals surface area (Å²) in [6, 6.07) is 7.56. The number of carbonyl (C=O) groups is 1. The molecule has 24 heavy (non-hydrogen) atoms. The summed E-state index contributed by atoms with van der Waals surface area (Å²) in [4.78, 5) is 20.1. The number of carbonyl (C=O) groups excluding carboxylic acids is 1. The van der Waals surface area contributed by atoms with E-state index in [1.54, 1.807) is 14.0 Å². The first-order valence-electron chi connectivity index (χ1n) is 8.10. The van der Waals surface area contributed by atoms with E-state index in [0.717, 1.165) is 43.9 Å². The van der Waals surface area contributed by atoms with Crippen molar-refractivity contribution >= 4 is 5.91 Å². The number of rotatable bonds is 4. The molecule has 0 N–H and O–H groups in total. The summed E-state index contributed by atoms with van der Waals surface area (Å²) in [5, 5.41) is 4.06. The highest BCUT2D eigenvalue weighted by atomic mass is 16.5. The molecule has 0 spiro atoms. The average molecular weight is 330 g/mol. The SMILES string of the molecule is COc1ccc(-c2noc(CN3CCCN(C(C)=O)CC3)n2)cc1. The van der Waals surface area contributed by atoms with E-state index in [2.05, 4.69) is 15.0 Å². The van der Waals surface area contributed by atoms with Gasteiger partial charge in [-0.3, -0.25) is 9.69 Å². The van der Waals surface area contributed by atoms with Crippen LogP contribution in [0.5, 0.6) is 5.75 Å². The molecule has 0 aliphatic carbocycles. The second-order valence-corrected chi connectivity index (χ2v) is 5.88. The van der Waals surface area contributed by atoms with E-state index in [1.165, 1.54) is 0 Å². The summed E-state index contributed by atoms with van der Waals surface area (Å²) < 4.78 is 10.5. The second-order valence-electron chi connectivity index (χ2n) is 5.88. The smallest absolute Gasteiger partial charge is 0.241 e. The van der Waals surface area contributed by atoms with E-state index in [0.29, 0.717) is 18.3 Å². The van der Waals surface area contributed by atoms with Gasteiger partial charge in [-0.15, -0.1) is 0 Å². The molecule has 1 amide bonds. The number of aromatic nitrogens is 2. The van der Waals surface area contributed by atoms with Crippen LogP contribution in [-0.4, -0.2) is 59.1 Å². The number of hydrogen-bond donors (Lipinski definition) is 0. The summed E-state index contributed by atoms with van der Waals surface area (Å²) in [6.07, 6.45) is 0.957. The quantitative estimate of drug-likeness (QED) is 0.851. The molecule has 1 aromatic carbocycles. The maximum Gasteiger partial charge on any atom is 0.241 e. The van der Waals surface area contributed by atoms with Crippen molar-refractivity contribution in [1.82, 2.24) is 19.9 Å². The van der Waals surface area contributed by atoms with Crippen molar-refractivity contribution in [2.45, 2.75) is 19.9 Å². The fourth-order valence-electron chi connectivity index (χ4n) is 2.81. The number of benzene rings is 1. The van der Waals surface area contributed by atoms with Crippen LogP contribution in [0.1, 0.15) is 19.2 Å². The van der Waals surface area contributed by atoms with Crippen LogP contribution < -0.4 is 4.74 Å². The van der Waals surface area contributed by atoms with E-state index in [9.17, 15) is 4.79 Å². The fraction of sp³-hybridized carbons (Fsp3) is 0.471. The lowest BCUT2D eigenvalue weighted by Gasteiger charge is -2.19. The maximum absolute atomic E-state index is 11.5. The topological polar surface area (TPSA) is 71.7 Å². The Labute approximate surface area is 141 Å². The number of methoxy groups -OCH3 is 1. The molecule has 2 heterocycles. The molecule has 2 aromatic rings. The molecular weight excluding hydrogens is 308 g/mol. The van der Waals surface area contributed by atoms with Crippen LogP contribution in [0.25, 0.3) is 11.4 Å². The number of hydrogen-bond acceptors (Lipinski definition) is 6. The predicted molar refractivity (Wildman–Crippen MR) is 88.4 cm³/mol. The van der Waals surface area contributed by atoms with Crippen LogP contribution in [0.15, 0.2) is 28.8 Å². The van der Waals surface area contributed by atoms with Crippen molar-refractivity contribution in [3.05, 3.63) is 30.2 Å². The van der Waals surface area contributed by atoms with Gasteiger partial charge in [-0.05, 0) is 30.7 Å². The van der Waals surface area contributed by atoms with Gasteiger partial charge in [0, 0.05) is 38.7 Å². The number of amides is 1. The van der Waals surface area contributed by atoms with Crippen LogP contribution >= 0.6 is 0 Å². The lowest BCUT2D eigenvalue weighted by Crippen LogP contribution is -2.33. The van der Waals surface area contributed by atoms with Gasteiger partial charge in [-0.2, -0.15) is 4.98 Å². The molecule has 7 heteroatoms. The standard InChI is InChI=1S/C17H22N4O3/c1-13(22)21-9-3-8-20(10-11-21)12-16-18-17(19-24-16)14-4-6-15(23-2)7-5-14/h4-7H,3,8-12H2,1-2H3. The molecule has 0 bridgehead atoms. The average Bonchev–Trinajstić information content (AvgIpc) is 2.92. The zero-order valence-electron chi connectivity index (χ0n) is 14.1. The molecule has 1 aromatic heterocycles. The maximum atomic E-state index is 11.5. The van der Waals surface area contributed by atoms with Gasteiger partial charge in [0.25, 0.3) is 0 Å². The summed E-state index contributed by atoms with van der Waals surface area (Å²) in [6.45, 7) is 5.52. The third-order valence-corrected chi connectivity index (χ3v) is 4.21. The minimum absolute atomic E-state index is 0.136. The zero-order chi connectivity index (χ0) is 16.9. The Bertz CT molecular complexity index is 683. The molecule has 0 saturated carbocycles. The number of nitrogens with zero attached hydrogens (tertiary/aromatic N) is 4. The van der Waals surface area contributed by atoms with E-state index >= 15 is 0 Å². The Kier molecular flexibility index (Phi) is 5.10. The van der Waals surface area contributed by atoms with Gasteiger partial charge in [0.2, 0.25) is 17.6 Å². The van der Waals surface area contributed by atoms with Gasteiger partial charge in [-0.25, -0.2) is 0 Å². The van der Waals surface area contributed by atoms with Crippen molar-refractivity contribution in [1.29, 1.82) is 0 Å². The second kappa shape index (κ2) is 7.44. The third kappa shape index (κ3) is 3.91. The molecule has 0 unspecified atom stereocenters. The molecule has 0 radical (unpaired) electrons. The fourth-order valence-corrected chi connectivity index (χ4v) is 2.81. The first-order chi connectivity index (χ1) is 11.7. The van der Waals surface area contributed by atoms with Crippen molar-refractivity contribution in [3.8, 4) is 17.1 Å². The van der Waals surface area contributed by atoms with Crippen LogP contribution in [0, 0.1) is 0 Å². The molecule has 0 atom stereocenters. The van der Waals surface area contributed by atoms with E-state index < -0.39 is 0 Å².